The molecule has 0 saturated heterocycles. The van der Waals surface area contributed by atoms with Crippen LogP contribution in [0.25, 0.3) is 11.0 Å². The van der Waals surface area contributed by atoms with Crippen molar-refractivity contribution in [1.29, 1.82) is 0 Å². The normalized spacial score (nSPS) is 11.8. The fourth-order valence-corrected chi connectivity index (χ4v) is 3.15. The maximum atomic E-state index is 12.4. The van der Waals surface area contributed by atoms with Crippen LogP contribution in [-0.2, 0) is 9.84 Å². The van der Waals surface area contributed by atoms with Gasteiger partial charge >= 0.3 is 0 Å². The summed E-state index contributed by atoms with van der Waals surface area (Å²) in [4.78, 5) is 0.163. The second kappa shape index (κ2) is 4.40. The minimum absolute atomic E-state index is 0.0592. The molecule has 3 aromatic rings. The molecule has 0 bridgehead atoms. The number of halogens is 1. The van der Waals surface area contributed by atoms with Crippen molar-refractivity contribution in [2.24, 2.45) is 0 Å². The van der Waals surface area contributed by atoms with Gasteiger partial charge in [-0.1, -0.05) is 29.8 Å². The van der Waals surface area contributed by atoms with E-state index in [0.717, 1.165) is 5.39 Å². The molecule has 3 nitrogen and oxygen atoms in total. The summed E-state index contributed by atoms with van der Waals surface area (Å²) in [5.41, 5.74) is 0.551. The van der Waals surface area contributed by atoms with Gasteiger partial charge in [0.25, 0.3) is 0 Å². The molecule has 0 atom stereocenters. The van der Waals surface area contributed by atoms with Crippen LogP contribution < -0.4 is 0 Å². The fraction of sp³-hybridized carbons (Fsp3) is 0. The highest BCUT2D eigenvalue weighted by Gasteiger charge is 2.22. The first-order valence-corrected chi connectivity index (χ1v) is 7.43. The number of sulfone groups is 1. The van der Waals surface area contributed by atoms with E-state index in [9.17, 15) is 8.42 Å². The number of hydrogen-bond acceptors (Lipinski definition) is 3. The average molecular weight is 293 g/mol. The van der Waals surface area contributed by atoms with Gasteiger partial charge in [-0.2, -0.15) is 0 Å². The van der Waals surface area contributed by atoms with Gasteiger partial charge in [0, 0.05) is 16.5 Å². The van der Waals surface area contributed by atoms with Crippen molar-refractivity contribution in [3.05, 3.63) is 59.6 Å². The van der Waals surface area contributed by atoms with Crippen LogP contribution in [0.15, 0.2) is 69.0 Å². The van der Waals surface area contributed by atoms with E-state index in [0.29, 0.717) is 10.6 Å². The van der Waals surface area contributed by atoms with Gasteiger partial charge in [0.05, 0.1) is 4.90 Å². The predicted molar refractivity (Wildman–Crippen MR) is 73.1 cm³/mol. The molecule has 0 amide bonds. The van der Waals surface area contributed by atoms with Gasteiger partial charge in [-0.05, 0) is 30.3 Å². The minimum atomic E-state index is -3.64. The van der Waals surface area contributed by atoms with Crippen LogP contribution >= 0.6 is 11.6 Å². The SMILES string of the molecule is O=S(=O)(c1ccc(Cl)cc1)c1cc2ccccc2o1. The number of para-hydroxylation sites is 1. The Hall–Kier alpha value is -1.78. The molecule has 0 aliphatic carbocycles. The lowest BCUT2D eigenvalue weighted by atomic mass is 10.3. The Kier molecular flexibility index (Phi) is 2.84. The van der Waals surface area contributed by atoms with Crippen LogP contribution in [-0.4, -0.2) is 8.42 Å². The Balaban J connectivity index is 2.16. The van der Waals surface area contributed by atoms with E-state index in [1.54, 1.807) is 18.2 Å². The average Bonchev–Trinajstić information content (AvgIpc) is 2.83. The standard InChI is InChI=1S/C14H9ClO3S/c15-11-5-7-12(8-6-11)19(16,17)14-9-10-3-1-2-4-13(10)18-14/h1-9H. The predicted octanol–water partition coefficient (Wildman–Crippen LogP) is 3.92. The van der Waals surface area contributed by atoms with Gasteiger partial charge in [-0.25, -0.2) is 8.42 Å². The van der Waals surface area contributed by atoms with Gasteiger partial charge in [0.15, 0.2) is 0 Å². The number of fused-ring (bicyclic) bond motifs is 1. The van der Waals surface area contributed by atoms with Gasteiger partial charge in [-0.15, -0.1) is 0 Å². The molecule has 0 aliphatic heterocycles. The highest BCUT2D eigenvalue weighted by atomic mass is 35.5. The molecule has 0 saturated carbocycles. The van der Waals surface area contributed by atoms with E-state index in [-0.39, 0.29) is 9.99 Å². The molecule has 3 rings (SSSR count). The highest BCUT2D eigenvalue weighted by Crippen LogP contribution is 2.27. The summed E-state index contributed by atoms with van der Waals surface area (Å²) in [7, 11) is -3.64. The van der Waals surface area contributed by atoms with Crippen LogP contribution in [0.1, 0.15) is 0 Å². The Bertz CT molecular complexity index is 800. The van der Waals surface area contributed by atoms with Crippen molar-refractivity contribution >= 4 is 32.4 Å². The molecule has 2 aromatic carbocycles. The van der Waals surface area contributed by atoms with E-state index >= 15 is 0 Å². The summed E-state index contributed by atoms with van der Waals surface area (Å²) in [6.45, 7) is 0. The lowest BCUT2D eigenvalue weighted by Gasteiger charge is -2.00. The van der Waals surface area contributed by atoms with Gasteiger partial charge < -0.3 is 4.42 Å². The minimum Gasteiger partial charge on any atom is -0.444 e. The largest absolute Gasteiger partial charge is 0.444 e. The fourth-order valence-electron chi connectivity index (χ4n) is 1.82. The summed E-state index contributed by atoms with van der Waals surface area (Å²) in [5.74, 6) is 0. The Morgan fingerprint density at radius 1 is 0.947 bits per heavy atom. The van der Waals surface area contributed by atoms with Crippen LogP contribution in [0, 0.1) is 0 Å². The maximum Gasteiger partial charge on any atom is 0.239 e. The number of rotatable bonds is 2. The summed E-state index contributed by atoms with van der Waals surface area (Å²) >= 11 is 5.75. The maximum absolute atomic E-state index is 12.4. The Morgan fingerprint density at radius 2 is 1.63 bits per heavy atom. The third kappa shape index (κ3) is 2.13. The van der Waals surface area contributed by atoms with Crippen LogP contribution in [0.2, 0.25) is 5.02 Å². The first-order chi connectivity index (χ1) is 9.07. The third-order valence-electron chi connectivity index (χ3n) is 2.79. The molecule has 5 heteroatoms. The van der Waals surface area contributed by atoms with Crippen molar-refractivity contribution < 1.29 is 12.8 Å². The molecule has 0 unspecified atom stereocenters. The molecule has 0 radical (unpaired) electrons. The zero-order valence-electron chi connectivity index (χ0n) is 9.71. The van der Waals surface area contributed by atoms with Crippen LogP contribution in [0.5, 0.6) is 0 Å². The van der Waals surface area contributed by atoms with Crippen molar-refractivity contribution in [2.75, 3.05) is 0 Å². The smallest absolute Gasteiger partial charge is 0.239 e. The Labute approximate surface area is 115 Å². The van der Waals surface area contributed by atoms with E-state index < -0.39 is 9.84 Å². The second-order valence-corrected chi connectivity index (χ2v) is 6.38. The molecule has 0 N–H and O–H groups in total. The van der Waals surface area contributed by atoms with E-state index in [1.165, 1.54) is 30.3 Å². The summed E-state index contributed by atoms with van der Waals surface area (Å²) in [6, 6.07) is 14.7. The molecule has 96 valence electrons. The first-order valence-electron chi connectivity index (χ1n) is 5.56. The van der Waals surface area contributed by atoms with E-state index in [1.807, 2.05) is 6.07 Å². The molecule has 0 spiro atoms. The van der Waals surface area contributed by atoms with Crippen molar-refractivity contribution in [3.8, 4) is 0 Å². The quantitative estimate of drug-likeness (QED) is 0.719. The molecule has 0 aliphatic rings. The zero-order valence-corrected chi connectivity index (χ0v) is 11.3. The third-order valence-corrected chi connectivity index (χ3v) is 4.67. The summed E-state index contributed by atoms with van der Waals surface area (Å²) in [6.07, 6.45) is 0. The molecule has 0 fully saturated rings. The van der Waals surface area contributed by atoms with Crippen LogP contribution in [0.4, 0.5) is 0 Å². The van der Waals surface area contributed by atoms with E-state index in [2.05, 4.69) is 0 Å². The number of benzene rings is 2. The van der Waals surface area contributed by atoms with Crippen LogP contribution in [0.3, 0.4) is 0 Å². The van der Waals surface area contributed by atoms with Crippen molar-refractivity contribution in [3.63, 3.8) is 0 Å². The molecular formula is C14H9ClO3S. The Morgan fingerprint density at radius 3 is 2.32 bits per heavy atom. The number of furan rings is 1. The van der Waals surface area contributed by atoms with Gasteiger partial charge in [-0.3, -0.25) is 0 Å². The first kappa shape index (κ1) is 12.3. The van der Waals surface area contributed by atoms with Crippen molar-refractivity contribution in [2.45, 2.75) is 9.99 Å². The lowest BCUT2D eigenvalue weighted by Crippen LogP contribution is -1.99. The van der Waals surface area contributed by atoms with E-state index in [4.69, 9.17) is 16.0 Å². The second-order valence-electron chi connectivity index (χ2n) is 4.06. The monoisotopic (exact) mass is 292 g/mol. The molecule has 1 heterocycles. The lowest BCUT2D eigenvalue weighted by molar-refractivity contribution is 0.482. The van der Waals surface area contributed by atoms with Gasteiger partial charge in [0.2, 0.25) is 14.9 Å². The van der Waals surface area contributed by atoms with Crippen molar-refractivity contribution in [1.82, 2.24) is 0 Å². The topological polar surface area (TPSA) is 47.3 Å². The molecule has 19 heavy (non-hydrogen) atoms. The summed E-state index contributed by atoms with van der Waals surface area (Å²) in [5, 5.41) is 1.19. The summed E-state index contributed by atoms with van der Waals surface area (Å²) < 4.78 is 30.2. The zero-order chi connectivity index (χ0) is 13.5. The number of hydrogen-bond donors (Lipinski definition) is 0. The molecule has 1 aromatic heterocycles. The van der Waals surface area contributed by atoms with Gasteiger partial charge in [0.1, 0.15) is 5.58 Å². The highest BCUT2D eigenvalue weighted by molar-refractivity contribution is 7.91. The molecular weight excluding hydrogens is 284 g/mol.